The highest BCUT2D eigenvalue weighted by Gasteiger charge is 2.28. The largest absolute Gasteiger partial charge is 0.159 e. The van der Waals surface area contributed by atoms with Crippen LogP contribution in [0.5, 0.6) is 0 Å². The summed E-state index contributed by atoms with van der Waals surface area (Å²) in [6, 6.07) is 8.53. The number of hydrogen-bond donors (Lipinski definition) is 1. The Morgan fingerprint density at radius 1 is 1.40 bits per heavy atom. The molecule has 0 aromatic heterocycles. The average molecular weight is 187 g/mol. The van der Waals surface area contributed by atoms with Gasteiger partial charge in [0.25, 0.3) is 0 Å². The second kappa shape index (κ2) is 2.72. The molecule has 0 aliphatic carbocycles. The first-order valence-corrected chi connectivity index (χ1v) is 6.80. The van der Waals surface area contributed by atoms with Gasteiger partial charge in [0.2, 0.25) is 0 Å². The van der Waals surface area contributed by atoms with E-state index in [2.05, 4.69) is 35.9 Å². The monoisotopic (exact) mass is 187 g/mol. The third-order valence-corrected chi connectivity index (χ3v) is 5.29. The minimum absolute atomic E-state index is 0.242. The van der Waals surface area contributed by atoms with Gasteiger partial charge in [-0.15, -0.1) is 0 Å². The predicted molar refractivity (Wildman–Crippen MR) is 52.4 cm³/mol. The smallest absolute Gasteiger partial charge is 0.0617 e. The minimum Gasteiger partial charge on any atom is -0.0617 e. The maximum absolute atomic E-state index is 4.43. The Bertz CT molecular complexity index is 221. The molecule has 2 rings (SSSR count). The van der Waals surface area contributed by atoms with Crippen LogP contribution < -0.4 is 0 Å². The highest BCUT2D eigenvalue weighted by molar-refractivity contribution is 9.02. The van der Waals surface area contributed by atoms with E-state index in [4.69, 9.17) is 0 Å². The van der Waals surface area contributed by atoms with Crippen molar-refractivity contribution in [2.75, 3.05) is 0 Å². The number of fused-ring (bicyclic) bond motifs is 1. The molecule has 0 nitrogen and oxygen atoms in total. The fraction of sp³-hybridized carbons (Fsp3) is 0.143. The molecule has 0 saturated heterocycles. The summed E-state index contributed by atoms with van der Waals surface area (Å²) >= 11 is 4.43. The van der Waals surface area contributed by atoms with Crippen LogP contribution in [0.15, 0.2) is 29.2 Å². The molecule has 10 heavy (non-hydrogen) atoms. The molecule has 1 atom stereocenters. The minimum atomic E-state index is 0.242. The van der Waals surface area contributed by atoms with E-state index < -0.39 is 0 Å². The van der Waals surface area contributed by atoms with Crippen LogP contribution in [0.2, 0.25) is 0 Å². The third kappa shape index (κ3) is 1.18. The summed E-state index contributed by atoms with van der Waals surface area (Å²) in [4.78, 5) is 1.42. The van der Waals surface area contributed by atoms with Crippen molar-refractivity contribution in [2.45, 2.75) is 10.6 Å². The summed E-state index contributed by atoms with van der Waals surface area (Å²) in [5.74, 6) is 1.14. The normalized spacial score (nSPS) is 22.7. The van der Waals surface area contributed by atoms with Gasteiger partial charge in [-0.05, 0) is 6.07 Å². The Hall–Kier alpha value is 0.270. The first-order chi connectivity index (χ1) is 4.86. The van der Waals surface area contributed by atoms with Gasteiger partial charge >= 0.3 is 0 Å². The van der Waals surface area contributed by atoms with Crippen molar-refractivity contribution in [1.82, 2.24) is 0 Å². The first kappa shape index (κ1) is 6.95. The predicted octanol–water partition coefficient (Wildman–Crippen LogP) is 2.67. The molecule has 0 fully saturated rings. The molecule has 0 radical (unpaired) electrons. The van der Waals surface area contributed by atoms with Crippen LogP contribution in [0.1, 0.15) is 5.56 Å². The van der Waals surface area contributed by atoms with Crippen LogP contribution >= 0.6 is 22.5 Å². The molecule has 1 aliphatic heterocycles. The molecule has 1 unspecified atom stereocenters. The number of benzene rings is 1. The SMILES string of the molecule is S[S+]1Cc2ccccc2S1. The highest BCUT2D eigenvalue weighted by atomic mass is 33.5. The summed E-state index contributed by atoms with van der Waals surface area (Å²) < 4.78 is 0. The van der Waals surface area contributed by atoms with Crippen molar-refractivity contribution in [2.24, 2.45) is 0 Å². The number of hydrogen-bond acceptors (Lipinski definition) is 2. The molecule has 1 aromatic carbocycles. The van der Waals surface area contributed by atoms with Crippen molar-refractivity contribution in [3.63, 3.8) is 0 Å². The maximum Gasteiger partial charge on any atom is 0.159 e. The van der Waals surface area contributed by atoms with Crippen LogP contribution in [-0.2, 0) is 14.7 Å². The van der Waals surface area contributed by atoms with Crippen molar-refractivity contribution < 1.29 is 0 Å². The van der Waals surface area contributed by atoms with Crippen LogP contribution in [0, 0.1) is 0 Å². The van der Waals surface area contributed by atoms with Crippen molar-refractivity contribution in [3.05, 3.63) is 29.8 Å². The van der Waals surface area contributed by atoms with Gasteiger partial charge in [0.1, 0.15) is 19.8 Å². The Morgan fingerprint density at radius 3 is 3.00 bits per heavy atom. The molecule has 52 valence electrons. The molecule has 1 aliphatic rings. The van der Waals surface area contributed by atoms with E-state index in [0.717, 1.165) is 5.75 Å². The second-order valence-electron chi connectivity index (χ2n) is 2.16. The zero-order chi connectivity index (χ0) is 6.97. The van der Waals surface area contributed by atoms with E-state index in [-0.39, 0.29) is 8.96 Å². The Morgan fingerprint density at radius 2 is 2.20 bits per heavy atom. The van der Waals surface area contributed by atoms with E-state index >= 15 is 0 Å². The van der Waals surface area contributed by atoms with E-state index in [1.807, 2.05) is 10.8 Å². The van der Waals surface area contributed by atoms with Gasteiger partial charge in [-0.3, -0.25) is 0 Å². The van der Waals surface area contributed by atoms with Crippen LogP contribution in [0.4, 0.5) is 0 Å². The van der Waals surface area contributed by atoms with E-state index in [0.29, 0.717) is 0 Å². The fourth-order valence-corrected chi connectivity index (χ4v) is 5.03. The second-order valence-corrected chi connectivity index (χ2v) is 7.47. The van der Waals surface area contributed by atoms with Crippen molar-refractivity contribution in [3.8, 4) is 0 Å². The van der Waals surface area contributed by atoms with Crippen LogP contribution in [-0.4, -0.2) is 0 Å². The number of thiol groups is 1. The molecule has 1 aromatic rings. The summed E-state index contributed by atoms with van der Waals surface area (Å²) in [6.07, 6.45) is 0. The van der Waals surface area contributed by atoms with Gasteiger partial charge in [0.05, 0.1) is 16.6 Å². The van der Waals surface area contributed by atoms with E-state index in [1.165, 1.54) is 10.5 Å². The fourth-order valence-electron chi connectivity index (χ4n) is 0.970. The molecule has 0 bridgehead atoms. The summed E-state index contributed by atoms with van der Waals surface area (Å²) in [5.41, 5.74) is 1.46. The van der Waals surface area contributed by atoms with E-state index in [1.54, 1.807) is 0 Å². The van der Waals surface area contributed by atoms with Gasteiger partial charge in [-0.2, -0.15) is 0 Å². The summed E-state index contributed by atoms with van der Waals surface area (Å²) in [6.45, 7) is 0. The lowest BCUT2D eigenvalue weighted by Gasteiger charge is -1.86. The first-order valence-electron chi connectivity index (χ1n) is 3.02. The Balaban J connectivity index is 2.42. The van der Waals surface area contributed by atoms with E-state index in [9.17, 15) is 0 Å². The molecular weight excluding hydrogens is 180 g/mol. The van der Waals surface area contributed by atoms with Gasteiger partial charge in [-0.1, -0.05) is 18.2 Å². The van der Waals surface area contributed by atoms with Crippen molar-refractivity contribution in [1.29, 1.82) is 0 Å². The van der Waals surface area contributed by atoms with Gasteiger partial charge in [0, 0.05) is 5.56 Å². The molecule has 0 N–H and O–H groups in total. The van der Waals surface area contributed by atoms with Crippen LogP contribution in [0.25, 0.3) is 0 Å². The van der Waals surface area contributed by atoms with Gasteiger partial charge in [-0.25, -0.2) is 0 Å². The van der Waals surface area contributed by atoms with Crippen molar-refractivity contribution >= 4 is 31.4 Å². The molecule has 3 heteroatoms. The lowest BCUT2D eigenvalue weighted by molar-refractivity contribution is 1.29. The van der Waals surface area contributed by atoms with Gasteiger partial charge < -0.3 is 0 Å². The zero-order valence-corrected chi connectivity index (χ0v) is 7.81. The molecule has 0 spiro atoms. The third-order valence-electron chi connectivity index (χ3n) is 1.44. The average Bonchev–Trinajstić information content (AvgIpc) is 2.27. The lowest BCUT2D eigenvalue weighted by Crippen LogP contribution is -1.80. The Labute approximate surface area is 72.0 Å². The highest BCUT2D eigenvalue weighted by Crippen LogP contribution is 2.41. The maximum atomic E-state index is 4.43. The molecular formula is C7H7S3+. The lowest BCUT2D eigenvalue weighted by atomic mass is 10.2. The number of rotatable bonds is 0. The standard InChI is InChI=1S/C7H7S3/c8-10-5-6-3-1-2-4-7(6)9-10/h1-4,8H,5H2/q+1. The molecule has 1 heterocycles. The van der Waals surface area contributed by atoms with Crippen LogP contribution in [0.3, 0.4) is 0 Å². The van der Waals surface area contributed by atoms with Gasteiger partial charge in [0.15, 0.2) is 5.75 Å². The topological polar surface area (TPSA) is 0 Å². The zero-order valence-electron chi connectivity index (χ0n) is 5.28. The molecule has 0 amide bonds. The quantitative estimate of drug-likeness (QED) is 0.370. The Kier molecular flexibility index (Phi) is 1.89. The summed E-state index contributed by atoms with van der Waals surface area (Å²) in [5, 5.41) is 0. The summed E-state index contributed by atoms with van der Waals surface area (Å²) in [7, 11) is 2.12. The molecule has 0 saturated carbocycles.